The average Bonchev–Trinajstić information content (AvgIpc) is 4.08. The Hall–Kier alpha value is -8.64. The summed E-state index contributed by atoms with van der Waals surface area (Å²) in [5.74, 6) is 0.641. The van der Waals surface area contributed by atoms with Gasteiger partial charge in [-0.05, 0) is 74.6 Å². The molecular weight excluding hydrogens is 833 g/mol. The van der Waals surface area contributed by atoms with Gasteiger partial charge in [-0.3, -0.25) is 4.57 Å². The second-order valence-electron chi connectivity index (χ2n) is 17.3. The predicted molar refractivity (Wildman–Crippen MR) is 283 cm³/mol. The molecule has 0 atom stereocenters. The van der Waals surface area contributed by atoms with Gasteiger partial charge in [-0.1, -0.05) is 194 Å². The second kappa shape index (κ2) is 15.0. The van der Waals surface area contributed by atoms with E-state index in [4.69, 9.17) is 9.97 Å². The van der Waals surface area contributed by atoms with Crippen molar-refractivity contribution >= 4 is 86.7 Å². The SMILES string of the molecule is c1ccc(-c2sc3c(-c4ccccc4)nc(-n4c5ccc(-c6cccc7c8c9ccccc9ccc8n(-c8ccccc8)c67)cc5c5c6ccccc6ccc54)nc3c2-c2ccccc2)cc1. The number of benzene rings is 10. The minimum atomic E-state index is 0.641. The highest BCUT2D eigenvalue weighted by molar-refractivity contribution is 7.23. The summed E-state index contributed by atoms with van der Waals surface area (Å²) in [5.41, 5.74) is 14.3. The molecule has 0 N–H and O–H groups in total. The van der Waals surface area contributed by atoms with E-state index in [0.29, 0.717) is 5.95 Å². The van der Waals surface area contributed by atoms with Crippen LogP contribution < -0.4 is 0 Å². The van der Waals surface area contributed by atoms with Crippen molar-refractivity contribution in [3.8, 4) is 55.6 Å². The molecule has 10 aromatic carbocycles. The van der Waals surface area contributed by atoms with Crippen molar-refractivity contribution in [2.24, 2.45) is 0 Å². The molecule has 67 heavy (non-hydrogen) atoms. The van der Waals surface area contributed by atoms with Crippen LogP contribution in [0.4, 0.5) is 0 Å². The van der Waals surface area contributed by atoms with Crippen molar-refractivity contribution in [3.63, 3.8) is 0 Å². The smallest absolute Gasteiger partial charge is 0.235 e. The summed E-state index contributed by atoms with van der Waals surface area (Å²) in [6.07, 6.45) is 0. The number of hydrogen-bond acceptors (Lipinski definition) is 3. The lowest BCUT2D eigenvalue weighted by atomic mass is 9.97. The van der Waals surface area contributed by atoms with Gasteiger partial charge in [0.1, 0.15) is 0 Å². The molecule has 14 rings (SSSR count). The van der Waals surface area contributed by atoms with Gasteiger partial charge in [0.25, 0.3) is 0 Å². The monoisotopic (exact) mass is 870 g/mol. The Balaban J connectivity index is 1.09. The summed E-state index contributed by atoms with van der Waals surface area (Å²) in [7, 11) is 0. The number of rotatable bonds is 6. The zero-order valence-corrected chi connectivity index (χ0v) is 37.0. The van der Waals surface area contributed by atoms with E-state index in [2.05, 4.69) is 240 Å². The van der Waals surface area contributed by atoms with Crippen molar-refractivity contribution in [2.75, 3.05) is 0 Å². The van der Waals surface area contributed by atoms with E-state index in [1.54, 1.807) is 11.3 Å². The molecule has 0 saturated carbocycles. The number of para-hydroxylation sites is 2. The van der Waals surface area contributed by atoms with Crippen molar-refractivity contribution in [1.82, 2.24) is 19.1 Å². The zero-order chi connectivity index (χ0) is 44.0. The maximum atomic E-state index is 5.68. The van der Waals surface area contributed by atoms with E-state index >= 15 is 0 Å². The van der Waals surface area contributed by atoms with Crippen LogP contribution >= 0.6 is 11.3 Å². The van der Waals surface area contributed by atoms with Crippen molar-refractivity contribution in [2.45, 2.75) is 0 Å². The van der Waals surface area contributed by atoms with Gasteiger partial charge in [0, 0.05) is 48.8 Å². The van der Waals surface area contributed by atoms with Crippen molar-refractivity contribution < 1.29 is 0 Å². The standard InChI is InChI=1S/C62H38N4S/c1-5-20-41(21-6-1)54-58-61(67-60(54)43-24-9-3-10-25-43)57(42-22-7-2-8-23-42)63-62(64-58)66-51-35-34-44(38-50(51)56-47-29-16-14-19-40(47)33-37-53(56)66)48-30-17-31-49-55-46-28-15-13-18-39(46)32-36-52(55)65(59(48)49)45-26-11-4-12-27-45/h1-38H. The van der Waals surface area contributed by atoms with Crippen LogP contribution in [0.2, 0.25) is 0 Å². The van der Waals surface area contributed by atoms with Gasteiger partial charge in [0.2, 0.25) is 5.95 Å². The minimum Gasteiger partial charge on any atom is -0.309 e. The Morgan fingerprint density at radius 2 is 0.925 bits per heavy atom. The lowest BCUT2D eigenvalue weighted by Gasteiger charge is -2.13. The lowest BCUT2D eigenvalue weighted by Crippen LogP contribution is -2.03. The molecule has 0 aliphatic carbocycles. The van der Waals surface area contributed by atoms with Gasteiger partial charge in [-0.2, -0.15) is 0 Å². The summed E-state index contributed by atoms with van der Waals surface area (Å²) >= 11 is 1.77. The summed E-state index contributed by atoms with van der Waals surface area (Å²) in [5, 5.41) is 9.71. The van der Waals surface area contributed by atoms with Gasteiger partial charge in [-0.25, -0.2) is 9.97 Å². The largest absolute Gasteiger partial charge is 0.309 e. The fourth-order valence-electron chi connectivity index (χ4n) is 10.6. The Kier molecular flexibility index (Phi) is 8.42. The third kappa shape index (κ3) is 5.78. The van der Waals surface area contributed by atoms with Crippen LogP contribution in [0.1, 0.15) is 0 Å². The first kappa shape index (κ1) is 37.7. The van der Waals surface area contributed by atoms with E-state index in [1.807, 2.05) is 0 Å². The van der Waals surface area contributed by atoms with E-state index < -0.39 is 0 Å². The molecule has 0 amide bonds. The zero-order valence-electron chi connectivity index (χ0n) is 36.1. The number of fused-ring (bicyclic) bond motifs is 11. The second-order valence-corrected chi connectivity index (χ2v) is 18.3. The maximum Gasteiger partial charge on any atom is 0.235 e. The molecule has 0 radical (unpaired) electrons. The summed E-state index contributed by atoms with van der Waals surface area (Å²) in [4.78, 5) is 12.5. The van der Waals surface area contributed by atoms with Crippen molar-refractivity contribution in [1.29, 1.82) is 0 Å². The highest BCUT2D eigenvalue weighted by atomic mass is 32.1. The molecule has 0 aliphatic rings. The van der Waals surface area contributed by atoms with Crippen LogP contribution in [0, 0.1) is 0 Å². The minimum absolute atomic E-state index is 0.641. The highest BCUT2D eigenvalue weighted by Crippen LogP contribution is 2.48. The van der Waals surface area contributed by atoms with E-state index in [-0.39, 0.29) is 0 Å². The number of nitrogens with zero attached hydrogens (tertiary/aromatic N) is 4. The summed E-state index contributed by atoms with van der Waals surface area (Å²) < 4.78 is 5.82. The first-order chi connectivity index (χ1) is 33.3. The Morgan fingerprint density at radius 3 is 1.61 bits per heavy atom. The molecule has 0 fully saturated rings. The molecule has 4 aromatic heterocycles. The molecule has 312 valence electrons. The van der Waals surface area contributed by atoms with Crippen LogP contribution in [0.15, 0.2) is 231 Å². The topological polar surface area (TPSA) is 35.6 Å². The number of thiophene rings is 1. The first-order valence-corrected chi connectivity index (χ1v) is 23.6. The molecule has 0 spiro atoms. The number of hydrogen-bond donors (Lipinski definition) is 0. The molecule has 5 heteroatoms. The molecule has 14 aromatic rings. The molecule has 0 unspecified atom stereocenters. The highest BCUT2D eigenvalue weighted by Gasteiger charge is 2.25. The quantitative estimate of drug-likeness (QED) is 0.167. The van der Waals surface area contributed by atoms with Crippen molar-refractivity contribution in [3.05, 3.63) is 231 Å². The lowest BCUT2D eigenvalue weighted by molar-refractivity contribution is 1.02. The molecular formula is C62H38N4S. The third-order valence-corrected chi connectivity index (χ3v) is 14.8. The van der Waals surface area contributed by atoms with Gasteiger partial charge < -0.3 is 4.57 Å². The van der Waals surface area contributed by atoms with Gasteiger partial charge in [0.05, 0.1) is 38.0 Å². The Labute approximate surface area is 389 Å². The van der Waals surface area contributed by atoms with E-state index in [9.17, 15) is 0 Å². The molecule has 0 bridgehead atoms. The maximum absolute atomic E-state index is 5.68. The fourth-order valence-corrected chi connectivity index (χ4v) is 11.9. The summed E-state index contributed by atoms with van der Waals surface area (Å²) in [6, 6.07) is 83.1. The Bertz CT molecular complexity index is 4240. The van der Waals surface area contributed by atoms with Crippen LogP contribution in [0.5, 0.6) is 0 Å². The molecule has 4 heterocycles. The molecule has 0 aliphatic heterocycles. The van der Waals surface area contributed by atoms with E-state index in [1.165, 1.54) is 59.2 Å². The van der Waals surface area contributed by atoms with Gasteiger partial charge >= 0.3 is 0 Å². The fraction of sp³-hybridized carbons (Fsp3) is 0. The van der Waals surface area contributed by atoms with Crippen LogP contribution in [0.3, 0.4) is 0 Å². The average molecular weight is 871 g/mol. The third-order valence-electron chi connectivity index (χ3n) is 13.5. The normalized spacial score (nSPS) is 11.9. The van der Waals surface area contributed by atoms with Crippen LogP contribution in [-0.4, -0.2) is 19.1 Å². The van der Waals surface area contributed by atoms with Gasteiger partial charge in [-0.15, -0.1) is 11.3 Å². The number of aromatic nitrogens is 4. The van der Waals surface area contributed by atoms with E-state index in [0.717, 1.165) is 65.8 Å². The van der Waals surface area contributed by atoms with Crippen LogP contribution in [0.25, 0.3) is 131 Å². The van der Waals surface area contributed by atoms with Crippen LogP contribution in [-0.2, 0) is 0 Å². The Morgan fingerprint density at radius 1 is 0.373 bits per heavy atom. The summed E-state index contributed by atoms with van der Waals surface area (Å²) in [6.45, 7) is 0. The van der Waals surface area contributed by atoms with Gasteiger partial charge in [0.15, 0.2) is 0 Å². The molecule has 0 saturated heterocycles. The molecule has 4 nitrogen and oxygen atoms in total. The predicted octanol–water partition coefficient (Wildman–Crippen LogP) is 16.9. The first-order valence-electron chi connectivity index (χ1n) is 22.7.